The number of aliphatic hydroxyl groups is 2. The first kappa shape index (κ1) is 20.3. The molecule has 0 saturated heterocycles. The molecule has 2 unspecified atom stereocenters. The van der Waals surface area contributed by atoms with Crippen molar-refractivity contribution in [2.24, 2.45) is 34.5 Å². The maximum Gasteiger partial charge on any atom is 0.302 e. The van der Waals surface area contributed by atoms with Crippen molar-refractivity contribution in [2.75, 3.05) is 6.61 Å². The van der Waals surface area contributed by atoms with Crippen LogP contribution in [0.4, 0.5) is 0 Å². The van der Waals surface area contributed by atoms with E-state index in [0.29, 0.717) is 24.7 Å². The van der Waals surface area contributed by atoms with E-state index >= 15 is 0 Å². The number of rotatable bonds is 3. The topological polar surface area (TPSA) is 83.8 Å². The Hall–Kier alpha value is -0.940. The van der Waals surface area contributed by atoms with Crippen LogP contribution in [0.2, 0.25) is 0 Å². The fourth-order valence-electron chi connectivity index (χ4n) is 8.15. The number of hydrogen-bond donors (Lipinski definition) is 2. The normalized spacial score (nSPS) is 50.2. The summed E-state index contributed by atoms with van der Waals surface area (Å²) in [5.41, 5.74) is -1.03. The molecule has 5 heteroatoms. The number of Topliss-reactive ketones (excluding diaryl/α,β-unsaturated/α-hetero) is 1. The van der Waals surface area contributed by atoms with E-state index in [1.54, 1.807) is 0 Å². The second-order valence-electron chi connectivity index (χ2n) is 10.6. The maximum absolute atomic E-state index is 12.4. The number of aliphatic hydroxyl groups excluding tert-OH is 1. The smallest absolute Gasteiger partial charge is 0.302 e. The van der Waals surface area contributed by atoms with E-state index in [1.807, 2.05) is 0 Å². The molecule has 4 aliphatic rings. The maximum atomic E-state index is 12.4. The van der Waals surface area contributed by atoms with Crippen LogP contribution in [0.5, 0.6) is 0 Å². The van der Waals surface area contributed by atoms with Crippen molar-refractivity contribution < 1.29 is 24.5 Å². The average molecular weight is 393 g/mol. The molecule has 0 spiro atoms. The number of carbonyl (C=O) groups excluding carboxylic acids is 2. The molecule has 0 aromatic heterocycles. The van der Waals surface area contributed by atoms with Gasteiger partial charge < -0.3 is 14.9 Å². The van der Waals surface area contributed by atoms with Crippen molar-refractivity contribution in [3.8, 4) is 0 Å². The van der Waals surface area contributed by atoms with Gasteiger partial charge in [0.2, 0.25) is 0 Å². The Kier molecular flexibility index (Phi) is 4.94. The van der Waals surface area contributed by atoms with Crippen LogP contribution in [0, 0.1) is 34.5 Å². The molecule has 0 amide bonds. The van der Waals surface area contributed by atoms with Gasteiger partial charge in [-0.25, -0.2) is 0 Å². The van der Waals surface area contributed by atoms with Gasteiger partial charge in [-0.15, -0.1) is 0 Å². The van der Waals surface area contributed by atoms with Crippen LogP contribution in [0.3, 0.4) is 0 Å². The Bertz CT molecular complexity index is 661. The minimum atomic E-state index is -0.799. The van der Waals surface area contributed by atoms with E-state index < -0.39 is 17.6 Å². The molecule has 4 fully saturated rings. The first-order valence-corrected chi connectivity index (χ1v) is 11.2. The first-order chi connectivity index (χ1) is 13.2. The predicted octanol–water partition coefficient (Wildman–Crippen LogP) is 3.25. The molecule has 8 atom stereocenters. The van der Waals surface area contributed by atoms with Gasteiger partial charge in [0.15, 0.2) is 5.78 Å². The Morgan fingerprint density at radius 2 is 1.75 bits per heavy atom. The van der Waals surface area contributed by atoms with Crippen molar-refractivity contribution in [1.29, 1.82) is 0 Å². The van der Waals surface area contributed by atoms with E-state index in [2.05, 4.69) is 13.8 Å². The number of fused-ring (bicyclic) bond motifs is 5. The summed E-state index contributed by atoms with van der Waals surface area (Å²) >= 11 is 0. The highest BCUT2D eigenvalue weighted by Crippen LogP contribution is 2.69. The fourth-order valence-corrected chi connectivity index (χ4v) is 8.15. The summed E-state index contributed by atoms with van der Waals surface area (Å²) < 4.78 is 5.53. The molecule has 0 aromatic carbocycles. The zero-order valence-electron chi connectivity index (χ0n) is 17.6. The molecule has 0 radical (unpaired) electrons. The molecular formula is C23H36O5. The van der Waals surface area contributed by atoms with E-state index in [-0.39, 0.29) is 35.1 Å². The highest BCUT2D eigenvalue weighted by molar-refractivity contribution is 5.83. The van der Waals surface area contributed by atoms with Gasteiger partial charge in [-0.3, -0.25) is 9.59 Å². The second kappa shape index (κ2) is 6.80. The molecule has 2 N–H and O–H groups in total. The zero-order chi connectivity index (χ0) is 20.3. The van der Waals surface area contributed by atoms with Gasteiger partial charge in [-0.05, 0) is 81.0 Å². The van der Waals surface area contributed by atoms with Crippen molar-refractivity contribution >= 4 is 11.8 Å². The Morgan fingerprint density at radius 3 is 2.43 bits per heavy atom. The zero-order valence-corrected chi connectivity index (χ0v) is 17.6. The highest BCUT2D eigenvalue weighted by Gasteiger charge is 2.68. The molecule has 0 aliphatic heterocycles. The fraction of sp³-hybridized carbons (Fsp3) is 0.913. The van der Waals surface area contributed by atoms with Crippen LogP contribution in [-0.4, -0.2) is 40.3 Å². The number of esters is 1. The summed E-state index contributed by atoms with van der Waals surface area (Å²) in [5, 5.41) is 21.4. The summed E-state index contributed by atoms with van der Waals surface area (Å²) in [5.74, 6) is 0.735. The van der Waals surface area contributed by atoms with Gasteiger partial charge in [0.05, 0.1) is 5.60 Å². The van der Waals surface area contributed by atoms with Crippen molar-refractivity contribution in [1.82, 2.24) is 0 Å². The van der Waals surface area contributed by atoms with E-state index in [0.717, 1.165) is 44.9 Å². The molecule has 5 nitrogen and oxygen atoms in total. The molecule has 0 bridgehead atoms. The molecule has 4 rings (SSSR count). The summed E-state index contributed by atoms with van der Waals surface area (Å²) in [7, 11) is 0. The van der Waals surface area contributed by atoms with Gasteiger partial charge in [-0.1, -0.05) is 13.8 Å². The largest absolute Gasteiger partial charge is 0.463 e. The minimum absolute atomic E-state index is 0.0436. The lowest BCUT2D eigenvalue weighted by molar-refractivity contribution is -0.212. The lowest BCUT2D eigenvalue weighted by atomic mass is 9.43. The third-order valence-electron chi connectivity index (χ3n) is 9.68. The van der Waals surface area contributed by atoms with Gasteiger partial charge in [0, 0.05) is 18.3 Å². The SMILES string of the molecule is CC(=O)O[C@H]1CC[C@]2(C)C3CC[C@]4(C)[C@@H](C(=O)CO)CC[C@]4(O)C3CC[C@@H]2C1. The van der Waals surface area contributed by atoms with Gasteiger partial charge in [0.25, 0.3) is 0 Å². The van der Waals surface area contributed by atoms with Crippen molar-refractivity contribution in [2.45, 2.75) is 90.3 Å². The lowest BCUT2D eigenvalue weighted by Crippen LogP contribution is -2.62. The van der Waals surface area contributed by atoms with Gasteiger partial charge >= 0.3 is 5.97 Å². The number of ketones is 1. The Morgan fingerprint density at radius 1 is 1.00 bits per heavy atom. The average Bonchev–Trinajstić information content (AvgIpc) is 2.92. The van der Waals surface area contributed by atoms with Crippen LogP contribution in [0.25, 0.3) is 0 Å². The Labute approximate surface area is 168 Å². The molecular weight excluding hydrogens is 356 g/mol. The number of ether oxygens (including phenoxy) is 1. The third-order valence-corrected chi connectivity index (χ3v) is 9.68. The van der Waals surface area contributed by atoms with Crippen molar-refractivity contribution in [3.05, 3.63) is 0 Å². The molecule has 0 aromatic rings. The summed E-state index contributed by atoms with van der Waals surface area (Å²) in [6.07, 6.45) is 8.28. The van der Waals surface area contributed by atoms with E-state index in [1.165, 1.54) is 6.92 Å². The summed E-state index contributed by atoms with van der Waals surface area (Å²) in [6.45, 7) is 5.57. The van der Waals surface area contributed by atoms with Crippen LogP contribution in [0.15, 0.2) is 0 Å². The standard InChI is InChI=1S/C23H36O5/c1-14(25)28-16-6-9-21(2)15(12-16)4-5-18-17(21)7-10-22(3)19(20(26)13-24)8-11-23(18,22)27/h15-19,24,27H,4-13H2,1-3H3/t15-,16+,17?,18?,19-,21+,22-,23+/m1/s1. The van der Waals surface area contributed by atoms with Crippen LogP contribution in [0.1, 0.15) is 78.6 Å². The monoisotopic (exact) mass is 392 g/mol. The molecule has 28 heavy (non-hydrogen) atoms. The molecule has 158 valence electrons. The van der Waals surface area contributed by atoms with E-state index in [9.17, 15) is 19.8 Å². The first-order valence-electron chi connectivity index (χ1n) is 11.2. The number of hydrogen-bond acceptors (Lipinski definition) is 5. The van der Waals surface area contributed by atoms with Crippen LogP contribution < -0.4 is 0 Å². The van der Waals surface area contributed by atoms with E-state index in [4.69, 9.17) is 4.74 Å². The molecule has 4 aliphatic carbocycles. The third kappa shape index (κ3) is 2.72. The highest BCUT2D eigenvalue weighted by atomic mass is 16.5. The summed E-state index contributed by atoms with van der Waals surface area (Å²) in [6, 6.07) is 0. The van der Waals surface area contributed by atoms with Gasteiger partial charge in [0.1, 0.15) is 12.7 Å². The quantitative estimate of drug-likeness (QED) is 0.720. The molecule has 0 heterocycles. The second-order valence-corrected chi connectivity index (χ2v) is 10.6. The van der Waals surface area contributed by atoms with Crippen LogP contribution in [-0.2, 0) is 14.3 Å². The van der Waals surface area contributed by atoms with Crippen molar-refractivity contribution in [3.63, 3.8) is 0 Å². The minimum Gasteiger partial charge on any atom is -0.463 e. The molecule has 4 saturated carbocycles. The number of carbonyl (C=O) groups is 2. The lowest BCUT2D eigenvalue weighted by Gasteiger charge is -2.63. The summed E-state index contributed by atoms with van der Waals surface area (Å²) in [4.78, 5) is 23.8. The Balaban J connectivity index is 1.58. The van der Waals surface area contributed by atoms with Gasteiger partial charge in [-0.2, -0.15) is 0 Å². The van der Waals surface area contributed by atoms with Crippen LogP contribution >= 0.6 is 0 Å². The predicted molar refractivity (Wildman–Crippen MR) is 104 cm³/mol.